The predicted octanol–water partition coefficient (Wildman–Crippen LogP) is 3.38. The van der Waals surface area contributed by atoms with Crippen LogP contribution in [0, 0.1) is 0 Å². The number of ether oxygens (including phenoxy) is 1. The van der Waals surface area contributed by atoms with Crippen molar-refractivity contribution in [1.82, 2.24) is 5.32 Å². The standard InChI is InChI=1S/C18H30N2O2/c1-17(2,3)15-10-8-7-9-13(15)11-14(12-19)20-16(21)22-18(4,5)6/h7-10,14H,11-12,19H2,1-6H3,(H,20,21). The second-order valence-corrected chi connectivity index (χ2v) is 7.69. The van der Waals surface area contributed by atoms with E-state index in [9.17, 15) is 4.79 Å². The van der Waals surface area contributed by atoms with Crippen molar-refractivity contribution < 1.29 is 9.53 Å². The van der Waals surface area contributed by atoms with Gasteiger partial charge in [0.25, 0.3) is 0 Å². The van der Waals surface area contributed by atoms with E-state index >= 15 is 0 Å². The summed E-state index contributed by atoms with van der Waals surface area (Å²) in [5.41, 5.74) is 7.86. The smallest absolute Gasteiger partial charge is 0.407 e. The number of carbonyl (C=O) groups excluding carboxylic acids is 1. The van der Waals surface area contributed by atoms with Crippen molar-refractivity contribution >= 4 is 6.09 Å². The van der Waals surface area contributed by atoms with Crippen LogP contribution < -0.4 is 11.1 Å². The summed E-state index contributed by atoms with van der Waals surface area (Å²) in [4.78, 5) is 11.9. The van der Waals surface area contributed by atoms with Crippen LogP contribution in [0.2, 0.25) is 0 Å². The van der Waals surface area contributed by atoms with Gasteiger partial charge in [-0.05, 0) is 43.7 Å². The Morgan fingerprint density at radius 1 is 1.18 bits per heavy atom. The van der Waals surface area contributed by atoms with Crippen molar-refractivity contribution in [2.45, 2.75) is 65.0 Å². The molecule has 1 amide bonds. The Kier molecular flexibility index (Phi) is 6.00. The highest BCUT2D eigenvalue weighted by Crippen LogP contribution is 2.26. The largest absolute Gasteiger partial charge is 0.444 e. The van der Waals surface area contributed by atoms with Crippen molar-refractivity contribution in [3.63, 3.8) is 0 Å². The van der Waals surface area contributed by atoms with Crippen molar-refractivity contribution in [1.29, 1.82) is 0 Å². The van der Waals surface area contributed by atoms with Gasteiger partial charge < -0.3 is 15.8 Å². The highest BCUT2D eigenvalue weighted by molar-refractivity contribution is 5.68. The molecule has 0 bridgehead atoms. The number of alkyl carbamates (subject to hydrolysis) is 1. The van der Waals surface area contributed by atoms with E-state index in [-0.39, 0.29) is 11.5 Å². The van der Waals surface area contributed by atoms with Crippen LogP contribution in [0.1, 0.15) is 52.7 Å². The first-order valence-electron chi connectivity index (χ1n) is 7.81. The molecule has 0 aliphatic heterocycles. The number of amides is 1. The van der Waals surface area contributed by atoms with E-state index in [4.69, 9.17) is 10.5 Å². The molecule has 0 aliphatic rings. The number of hydrogen-bond acceptors (Lipinski definition) is 3. The highest BCUT2D eigenvalue weighted by Gasteiger charge is 2.22. The van der Waals surface area contributed by atoms with Gasteiger partial charge in [0, 0.05) is 12.6 Å². The lowest BCUT2D eigenvalue weighted by Gasteiger charge is -2.26. The van der Waals surface area contributed by atoms with Crippen LogP contribution in [-0.2, 0) is 16.6 Å². The molecule has 0 heterocycles. The van der Waals surface area contributed by atoms with Crippen molar-refractivity contribution in [3.05, 3.63) is 35.4 Å². The van der Waals surface area contributed by atoms with Gasteiger partial charge in [-0.1, -0.05) is 45.0 Å². The number of benzene rings is 1. The molecule has 1 atom stereocenters. The third-order valence-electron chi connectivity index (χ3n) is 3.30. The summed E-state index contributed by atoms with van der Waals surface area (Å²) in [5.74, 6) is 0. The zero-order valence-electron chi connectivity index (χ0n) is 14.7. The van der Waals surface area contributed by atoms with Gasteiger partial charge >= 0.3 is 6.09 Å². The lowest BCUT2D eigenvalue weighted by molar-refractivity contribution is 0.0506. The first-order chi connectivity index (χ1) is 10.0. The van der Waals surface area contributed by atoms with Crippen LogP contribution in [0.5, 0.6) is 0 Å². The summed E-state index contributed by atoms with van der Waals surface area (Å²) >= 11 is 0. The first kappa shape index (κ1) is 18.5. The predicted molar refractivity (Wildman–Crippen MR) is 91.1 cm³/mol. The molecular weight excluding hydrogens is 276 g/mol. The fraction of sp³-hybridized carbons (Fsp3) is 0.611. The Labute approximate surface area is 134 Å². The van der Waals surface area contributed by atoms with E-state index in [1.807, 2.05) is 32.9 Å². The minimum Gasteiger partial charge on any atom is -0.444 e. The SMILES string of the molecule is CC(C)(C)OC(=O)NC(CN)Cc1ccccc1C(C)(C)C. The first-order valence-corrected chi connectivity index (χ1v) is 7.81. The summed E-state index contributed by atoms with van der Waals surface area (Å²) in [6, 6.07) is 8.16. The molecule has 124 valence electrons. The summed E-state index contributed by atoms with van der Waals surface area (Å²) in [6.07, 6.45) is 0.277. The van der Waals surface area contributed by atoms with Gasteiger partial charge in [0.15, 0.2) is 0 Å². The summed E-state index contributed by atoms with van der Waals surface area (Å²) in [7, 11) is 0. The van der Waals surface area contributed by atoms with E-state index in [1.165, 1.54) is 11.1 Å². The Morgan fingerprint density at radius 2 is 1.77 bits per heavy atom. The molecule has 4 nitrogen and oxygen atoms in total. The average Bonchev–Trinajstić information content (AvgIpc) is 2.35. The maximum Gasteiger partial charge on any atom is 0.407 e. The fourth-order valence-corrected chi connectivity index (χ4v) is 2.36. The van der Waals surface area contributed by atoms with Gasteiger partial charge in [0.2, 0.25) is 0 Å². The van der Waals surface area contributed by atoms with E-state index < -0.39 is 11.7 Å². The zero-order chi connectivity index (χ0) is 17.0. The van der Waals surface area contributed by atoms with E-state index in [1.54, 1.807) is 0 Å². The van der Waals surface area contributed by atoms with Crippen molar-refractivity contribution in [3.8, 4) is 0 Å². The Morgan fingerprint density at radius 3 is 2.27 bits per heavy atom. The number of rotatable bonds is 4. The number of nitrogens with two attached hydrogens (primary N) is 1. The van der Waals surface area contributed by atoms with Crippen LogP contribution in [0.4, 0.5) is 4.79 Å². The molecule has 1 aromatic rings. The maximum atomic E-state index is 11.9. The monoisotopic (exact) mass is 306 g/mol. The highest BCUT2D eigenvalue weighted by atomic mass is 16.6. The third-order valence-corrected chi connectivity index (χ3v) is 3.30. The number of nitrogens with one attached hydrogen (secondary N) is 1. The molecule has 0 saturated heterocycles. The summed E-state index contributed by atoms with van der Waals surface area (Å²) < 4.78 is 5.30. The van der Waals surface area contributed by atoms with Gasteiger partial charge in [0.05, 0.1) is 0 Å². The van der Waals surface area contributed by atoms with Gasteiger partial charge in [0.1, 0.15) is 5.60 Å². The molecule has 1 aromatic carbocycles. The van der Waals surface area contributed by atoms with Crippen LogP contribution in [0.25, 0.3) is 0 Å². The minimum atomic E-state index is -0.507. The third kappa shape index (κ3) is 6.06. The second kappa shape index (κ2) is 7.14. The van der Waals surface area contributed by atoms with Crippen LogP contribution in [0.15, 0.2) is 24.3 Å². The molecule has 0 spiro atoms. The maximum absolute atomic E-state index is 11.9. The van der Waals surface area contributed by atoms with Crippen LogP contribution >= 0.6 is 0 Å². The van der Waals surface area contributed by atoms with Crippen molar-refractivity contribution in [2.75, 3.05) is 6.54 Å². The van der Waals surface area contributed by atoms with Crippen LogP contribution in [-0.4, -0.2) is 24.3 Å². The molecule has 4 heteroatoms. The molecule has 0 radical (unpaired) electrons. The lowest BCUT2D eigenvalue weighted by atomic mass is 9.82. The molecule has 0 aliphatic carbocycles. The molecule has 1 rings (SSSR count). The molecule has 22 heavy (non-hydrogen) atoms. The topological polar surface area (TPSA) is 64.3 Å². The minimum absolute atomic E-state index is 0.0572. The molecule has 1 unspecified atom stereocenters. The zero-order valence-corrected chi connectivity index (χ0v) is 14.7. The lowest BCUT2D eigenvalue weighted by Crippen LogP contribution is -2.44. The van der Waals surface area contributed by atoms with Gasteiger partial charge in [-0.25, -0.2) is 4.79 Å². The van der Waals surface area contributed by atoms with Gasteiger partial charge in [-0.15, -0.1) is 0 Å². The Bertz CT molecular complexity index is 499. The van der Waals surface area contributed by atoms with E-state index in [0.717, 1.165) is 0 Å². The van der Waals surface area contributed by atoms with Crippen LogP contribution in [0.3, 0.4) is 0 Å². The Balaban J connectivity index is 2.81. The van der Waals surface area contributed by atoms with Gasteiger partial charge in [-0.2, -0.15) is 0 Å². The quantitative estimate of drug-likeness (QED) is 0.896. The van der Waals surface area contributed by atoms with Crippen molar-refractivity contribution in [2.24, 2.45) is 5.73 Å². The fourth-order valence-electron chi connectivity index (χ4n) is 2.36. The Hall–Kier alpha value is -1.55. The molecule has 3 N–H and O–H groups in total. The molecule has 0 fully saturated rings. The molecular formula is C18H30N2O2. The summed E-state index contributed by atoms with van der Waals surface area (Å²) in [6.45, 7) is 12.5. The van der Waals surface area contributed by atoms with Gasteiger partial charge in [-0.3, -0.25) is 0 Å². The number of hydrogen-bond donors (Lipinski definition) is 2. The second-order valence-electron chi connectivity index (χ2n) is 7.69. The average molecular weight is 306 g/mol. The van der Waals surface area contributed by atoms with E-state index in [0.29, 0.717) is 13.0 Å². The normalized spacial score (nSPS) is 13.6. The molecule has 0 aromatic heterocycles. The summed E-state index contributed by atoms with van der Waals surface area (Å²) in [5, 5.41) is 2.86. The molecule has 0 saturated carbocycles. The van der Waals surface area contributed by atoms with E-state index in [2.05, 4.69) is 38.2 Å². The number of carbonyl (C=O) groups is 1.